The lowest BCUT2D eigenvalue weighted by Crippen LogP contribution is -1.99. The third-order valence-corrected chi connectivity index (χ3v) is 4.34. The molecule has 0 N–H and O–H groups in total. The maximum Gasteiger partial charge on any atom is 0.130 e. The summed E-state index contributed by atoms with van der Waals surface area (Å²) in [7, 11) is 0. The normalized spacial score (nSPS) is 11.1. The van der Waals surface area contributed by atoms with Crippen molar-refractivity contribution in [3.63, 3.8) is 0 Å². The maximum absolute atomic E-state index is 4.82. The molecule has 2 aromatic carbocycles. The second kappa shape index (κ2) is 9.67. The average molecular weight is 342 g/mol. The van der Waals surface area contributed by atoms with Crippen molar-refractivity contribution in [3.8, 4) is 22.5 Å². The van der Waals surface area contributed by atoms with Gasteiger partial charge in [-0.15, -0.1) is 0 Å². The van der Waals surface area contributed by atoms with Crippen molar-refractivity contribution >= 4 is 0 Å². The van der Waals surface area contributed by atoms with Crippen molar-refractivity contribution in [2.24, 2.45) is 0 Å². The van der Waals surface area contributed by atoms with Crippen LogP contribution >= 0.6 is 0 Å². The van der Waals surface area contributed by atoms with Crippen LogP contribution in [0.15, 0.2) is 78.9 Å². The molecule has 0 amide bonds. The van der Waals surface area contributed by atoms with Crippen LogP contribution in [-0.2, 0) is 6.42 Å². The van der Waals surface area contributed by atoms with Gasteiger partial charge in [0.25, 0.3) is 0 Å². The summed E-state index contributed by atoms with van der Waals surface area (Å²) in [6, 6.07) is 22.8. The van der Waals surface area contributed by atoms with Gasteiger partial charge in [0.05, 0.1) is 11.4 Å². The lowest BCUT2D eigenvalue weighted by Gasteiger charge is -2.08. The Labute approximate surface area is 156 Å². The average Bonchev–Trinajstić information content (AvgIpc) is 2.72. The summed E-state index contributed by atoms with van der Waals surface area (Å²) < 4.78 is 0. The summed E-state index contributed by atoms with van der Waals surface area (Å²) in [4.78, 5) is 9.64. The number of hydrogen-bond acceptors (Lipinski definition) is 2. The number of aryl methyl sites for hydroxylation is 1. The smallest absolute Gasteiger partial charge is 0.130 e. The van der Waals surface area contributed by atoms with Crippen molar-refractivity contribution in [3.05, 3.63) is 84.7 Å². The fourth-order valence-corrected chi connectivity index (χ4v) is 2.89. The molecule has 3 aromatic rings. The second-order valence-electron chi connectivity index (χ2n) is 6.44. The van der Waals surface area contributed by atoms with Crippen LogP contribution in [0.1, 0.15) is 38.4 Å². The van der Waals surface area contributed by atoms with E-state index in [9.17, 15) is 0 Å². The largest absolute Gasteiger partial charge is 0.233 e. The molecule has 1 aromatic heterocycles. The van der Waals surface area contributed by atoms with E-state index in [1.54, 1.807) is 0 Å². The van der Waals surface area contributed by atoms with Crippen LogP contribution in [0.25, 0.3) is 22.5 Å². The van der Waals surface area contributed by atoms with Gasteiger partial charge in [-0.1, -0.05) is 92.6 Å². The second-order valence-corrected chi connectivity index (χ2v) is 6.44. The van der Waals surface area contributed by atoms with E-state index in [4.69, 9.17) is 9.97 Å². The molecule has 132 valence electrons. The molecule has 0 radical (unpaired) electrons. The molecule has 0 aliphatic carbocycles. The number of nitrogens with zero attached hydrogens (tertiary/aromatic N) is 2. The zero-order chi connectivity index (χ0) is 18.0. The molecule has 1 heterocycles. The van der Waals surface area contributed by atoms with E-state index in [0.717, 1.165) is 47.6 Å². The summed E-state index contributed by atoms with van der Waals surface area (Å²) in [6.45, 7) is 2.22. The van der Waals surface area contributed by atoms with Crippen molar-refractivity contribution in [2.75, 3.05) is 0 Å². The first-order valence-corrected chi connectivity index (χ1v) is 9.50. The monoisotopic (exact) mass is 342 g/mol. The molecular weight excluding hydrogens is 316 g/mol. The van der Waals surface area contributed by atoms with Gasteiger partial charge in [-0.25, -0.2) is 9.97 Å². The number of rotatable bonds is 8. The minimum Gasteiger partial charge on any atom is -0.233 e. The summed E-state index contributed by atoms with van der Waals surface area (Å²) >= 11 is 0. The molecule has 3 rings (SSSR count). The SMILES string of the molecule is CCCC/C=C/CCc1nc(-c2ccccc2)cc(-c2ccccc2)n1. The van der Waals surface area contributed by atoms with Gasteiger partial charge in [0.15, 0.2) is 0 Å². The summed E-state index contributed by atoms with van der Waals surface area (Å²) in [5.41, 5.74) is 4.24. The van der Waals surface area contributed by atoms with Gasteiger partial charge in [0, 0.05) is 17.5 Å². The number of allylic oxidation sites excluding steroid dienone is 2. The molecule has 2 heteroatoms. The quantitative estimate of drug-likeness (QED) is 0.345. The van der Waals surface area contributed by atoms with Crippen LogP contribution in [0.4, 0.5) is 0 Å². The third kappa shape index (κ3) is 5.13. The number of benzene rings is 2. The minimum absolute atomic E-state index is 0.864. The van der Waals surface area contributed by atoms with Crippen molar-refractivity contribution < 1.29 is 0 Å². The standard InChI is InChI=1S/C24H26N2/c1-2-3-4-5-6-13-18-24-25-22(20-14-9-7-10-15-20)19-23(26-24)21-16-11-8-12-17-21/h5-12,14-17,19H,2-4,13,18H2,1H3/b6-5+. The van der Waals surface area contributed by atoms with Gasteiger partial charge in [0.1, 0.15) is 5.82 Å². The molecule has 0 unspecified atom stereocenters. The van der Waals surface area contributed by atoms with Gasteiger partial charge < -0.3 is 0 Å². The van der Waals surface area contributed by atoms with Crippen LogP contribution in [0.3, 0.4) is 0 Å². The highest BCUT2D eigenvalue weighted by molar-refractivity contribution is 5.67. The number of hydrogen-bond donors (Lipinski definition) is 0. The fraction of sp³-hybridized carbons (Fsp3) is 0.250. The number of aromatic nitrogens is 2. The van der Waals surface area contributed by atoms with Crippen molar-refractivity contribution in [2.45, 2.75) is 39.0 Å². The first-order valence-electron chi connectivity index (χ1n) is 9.50. The first kappa shape index (κ1) is 18.1. The Balaban J connectivity index is 1.85. The molecule has 2 nitrogen and oxygen atoms in total. The van der Waals surface area contributed by atoms with E-state index in [1.807, 2.05) is 12.1 Å². The Morgan fingerprint density at radius 2 is 1.27 bits per heavy atom. The lowest BCUT2D eigenvalue weighted by atomic mass is 10.1. The predicted octanol–water partition coefficient (Wildman–Crippen LogP) is 6.49. The van der Waals surface area contributed by atoms with Crippen molar-refractivity contribution in [1.82, 2.24) is 9.97 Å². The molecule has 0 fully saturated rings. The zero-order valence-electron chi connectivity index (χ0n) is 15.4. The Morgan fingerprint density at radius 3 is 1.81 bits per heavy atom. The molecule has 0 aliphatic heterocycles. The minimum atomic E-state index is 0.864. The molecule has 0 atom stereocenters. The van der Waals surface area contributed by atoms with E-state index in [-0.39, 0.29) is 0 Å². The van der Waals surface area contributed by atoms with E-state index in [1.165, 1.54) is 12.8 Å². The van der Waals surface area contributed by atoms with Gasteiger partial charge in [0.2, 0.25) is 0 Å². The highest BCUT2D eigenvalue weighted by atomic mass is 14.9. The maximum atomic E-state index is 4.82. The Bertz CT molecular complexity index is 766. The molecule has 0 bridgehead atoms. The summed E-state index contributed by atoms with van der Waals surface area (Å²) in [6.07, 6.45) is 10.1. The highest BCUT2D eigenvalue weighted by Gasteiger charge is 2.08. The zero-order valence-corrected chi connectivity index (χ0v) is 15.4. The molecule has 0 saturated heterocycles. The first-order chi connectivity index (χ1) is 12.9. The molecule has 0 saturated carbocycles. The van der Waals surface area contributed by atoms with Gasteiger partial charge in [-0.2, -0.15) is 0 Å². The third-order valence-electron chi connectivity index (χ3n) is 4.34. The molecular formula is C24H26N2. The van der Waals surface area contributed by atoms with Crippen LogP contribution in [0.5, 0.6) is 0 Å². The Hall–Kier alpha value is -2.74. The van der Waals surface area contributed by atoms with E-state index in [2.05, 4.69) is 73.7 Å². The van der Waals surface area contributed by atoms with Gasteiger partial charge in [-0.05, 0) is 18.9 Å². The Morgan fingerprint density at radius 1 is 0.731 bits per heavy atom. The molecule has 0 aliphatic rings. The molecule has 0 spiro atoms. The van der Waals surface area contributed by atoms with Crippen LogP contribution in [0, 0.1) is 0 Å². The summed E-state index contributed by atoms with van der Waals surface area (Å²) in [5.74, 6) is 0.908. The lowest BCUT2D eigenvalue weighted by molar-refractivity contribution is 0.808. The number of unbranched alkanes of at least 4 members (excludes halogenated alkanes) is 2. The van der Waals surface area contributed by atoms with E-state index < -0.39 is 0 Å². The summed E-state index contributed by atoms with van der Waals surface area (Å²) in [5, 5.41) is 0. The van der Waals surface area contributed by atoms with E-state index in [0.29, 0.717) is 0 Å². The Kier molecular flexibility index (Phi) is 6.72. The highest BCUT2D eigenvalue weighted by Crippen LogP contribution is 2.24. The van der Waals surface area contributed by atoms with Gasteiger partial charge in [-0.3, -0.25) is 0 Å². The topological polar surface area (TPSA) is 25.8 Å². The van der Waals surface area contributed by atoms with Crippen molar-refractivity contribution in [1.29, 1.82) is 0 Å². The fourth-order valence-electron chi connectivity index (χ4n) is 2.89. The predicted molar refractivity (Wildman–Crippen MR) is 110 cm³/mol. The van der Waals surface area contributed by atoms with Crippen LogP contribution in [-0.4, -0.2) is 9.97 Å². The van der Waals surface area contributed by atoms with E-state index >= 15 is 0 Å². The van der Waals surface area contributed by atoms with Crippen LogP contribution in [0.2, 0.25) is 0 Å². The van der Waals surface area contributed by atoms with Crippen LogP contribution < -0.4 is 0 Å². The van der Waals surface area contributed by atoms with Gasteiger partial charge >= 0.3 is 0 Å². The molecule has 26 heavy (non-hydrogen) atoms.